The molecule has 2 aliphatic rings. The topological polar surface area (TPSA) is 54.3 Å². The van der Waals surface area contributed by atoms with Crippen molar-refractivity contribution >= 4 is 39.1 Å². The first-order valence-electron chi connectivity index (χ1n) is 9.13. The molecule has 1 aromatic carbocycles. The molecule has 0 radical (unpaired) electrons. The van der Waals surface area contributed by atoms with Crippen molar-refractivity contribution < 1.29 is 14.3 Å². The molecule has 27 heavy (non-hydrogen) atoms. The van der Waals surface area contributed by atoms with E-state index in [1.54, 1.807) is 0 Å². The van der Waals surface area contributed by atoms with Gasteiger partial charge in [0.2, 0.25) is 0 Å². The number of nitrogens with zero attached hydrogens (tertiary/aromatic N) is 1. The fraction of sp³-hybridized carbons (Fsp3) is 0.450. The Kier molecular flexibility index (Phi) is 5.08. The third-order valence-electron chi connectivity index (χ3n) is 6.03. The van der Waals surface area contributed by atoms with E-state index in [9.17, 15) is 14.3 Å². The van der Waals surface area contributed by atoms with Crippen molar-refractivity contribution in [2.24, 2.45) is 18.9 Å². The maximum Gasteiger partial charge on any atom is 0.272 e. The van der Waals surface area contributed by atoms with Gasteiger partial charge in [-0.15, -0.1) is 0 Å². The fourth-order valence-corrected chi connectivity index (χ4v) is 5.40. The first-order valence-corrected chi connectivity index (χ1v) is 10.3. The van der Waals surface area contributed by atoms with Gasteiger partial charge in [-0.25, -0.2) is 4.39 Å². The molecule has 2 N–H and O–H groups in total. The minimum atomic E-state index is -0.517. The van der Waals surface area contributed by atoms with Gasteiger partial charge in [0, 0.05) is 12.7 Å². The fourth-order valence-electron chi connectivity index (χ4n) is 4.79. The molecule has 0 bridgehead atoms. The highest BCUT2D eigenvalue weighted by Crippen LogP contribution is 2.51. The second kappa shape index (κ2) is 7.22. The van der Waals surface area contributed by atoms with Crippen LogP contribution >= 0.6 is 27.5 Å². The number of carbonyl (C=O) groups excluding carboxylic acids is 1. The van der Waals surface area contributed by atoms with Crippen LogP contribution in [0.5, 0.6) is 0 Å². The molecular weight excluding hydrogens is 435 g/mol. The number of rotatable bonds is 3. The van der Waals surface area contributed by atoms with E-state index in [-0.39, 0.29) is 17.0 Å². The number of hydrogen-bond acceptors (Lipinski definition) is 2. The Bertz CT molecular complexity index is 886. The number of aliphatic hydroxyl groups is 1. The lowest BCUT2D eigenvalue weighted by atomic mass is 9.94. The molecule has 0 spiro atoms. The van der Waals surface area contributed by atoms with Crippen LogP contribution in [0.4, 0.5) is 10.1 Å². The zero-order valence-corrected chi connectivity index (χ0v) is 17.2. The number of halogens is 3. The van der Waals surface area contributed by atoms with Crippen LogP contribution in [-0.2, 0) is 7.05 Å². The van der Waals surface area contributed by atoms with Gasteiger partial charge in [0.15, 0.2) is 0 Å². The molecule has 2 atom stereocenters. The van der Waals surface area contributed by atoms with Crippen LogP contribution in [0.1, 0.15) is 47.7 Å². The first kappa shape index (κ1) is 19.0. The van der Waals surface area contributed by atoms with Crippen LogP contribution < -0.4 is 5.32 Å². The van der Waals surface area contributed by atoms with E-state index in [0.717, 1.165) is 35.8 Å². The molecule has 0 saturated heterocycles. The first-order chi connectivity index (χ1) is 12.8. The second-order valence-electron chi connectivity index (χ2n) is 7.73. The van der Waals surface area contributed by atoms with Crippen LogP contribution in [0.3, 0.4) is 0 Å². The lowest BCUT2D eigenvalue weighted by Crippen LogP contribution is -2.18. The summed E-state index contributed by atoms with van der Waals surface area (Å²) >= 11 is 9.35. The molecule has 1 aromatic heterocycles. The summed E-state index contributed by atoms with van der Waals surface area (Å²) in [5.41, 5.74) is 2.09. The summed E-state index contributed by atoms with van der Waals surface area (Å²) < 4.78 is 16.0. The number of anilines is 1. The third kappa shape index (κ3) is 3.55. The van der Waals surface area contributed by atoms with Crippen LogP contribution in [-0.4, -0.2) is 21.7 Å². The molecule has 2 fully saturated rings. The average Bonchev–Trinajstić information content (AvgIpc) is 3.22. The highest BCUT2D eigenvalue weighted by molar-refractivity contribution is 9.10. The molecule has 2 unspecified atom stereocenters. The summed E-state index contributed by atoms with van der Waals surface area (Å²) in [6.07, 6.45) is 3.56. The lowest BCUT2D eigenvalue weighted by Gasteiger charge is -2.15. The molecule has 2 saturated carbocycles. The van der Waals surface area contributed by atoms with Crippen molar-refractivity contribution in [1.29, 1.82) is 0 Å². The average molecular weight is 456 g/mol. The Balaban J connectivity index is 1.59. The van der Waals surface area contributed by atoms with Gasteiger partial charge in [0.1, 0.15) is 11.5 Å². The number of amides is 1. The molecule has 4 nitrogen and oxygen atoms in total. The molecule has 4 rings (SSSR count). The summed E-state index contributed by atoms with van der Waals surface area (Å²) in [7, 11) is 1.85. The predicted octanol–water partition coefficient (Wildman–Crippen LogP) is 5.10. The van der Waals surface area contributed by atoms with Crippen LogP contribution in [0, 0.1) is 17.7 Å². The van der Waals surface area contributed by atoms with Crippen LogP contribution in [0.15, 0.2) is 28.9 Å². The highest BCUT2D eigenvalue weighted by Gasteiger charge is 2.43. The minimum Gasteiger partial charge on any atom is -0.393 e. The number of hydrogen-bond donors (Lipinski definition) is 2. The van der Waals surface area contributed by atoms with Gasteiger partial charge in [-0.3, -0.25) is 4.79 Å². The van der Waals surface area contributed by atoms with Gasteiger partial charge >= 0.3 is 0 Å². The Morgan fingerprint density at radius 2 is 1.93 bits per heavy atom. The highest BCUT2D eigenvalue weighted by atomic mass is 79.9. The van der Waals surface area contributed by atoms with Crippen LogP contribution in [0.25, 0.3) is 0 Å². The Labute approximate surface area is 170 Å². The zero-order chi connectivity index (χ0) is 19.3. The molecule has 7 heteroatoms. The molecule has 2 aromatic rings. The number of aromatic nitrogens is 1. The van der Waals surface area contributed by atoms with Gasteiger partial charge < -0.3 is 15.0 Å². The van der Waals surface area contributed by atoms with Crippen molar-refractivity contribution in [1.82, 2.24) is 4.57 Å². The van der Waals surface area contributed by atoms with E-state index in [1.165, 1.54) is 18.2 Å². The number of nitrogens with one attached hydrogen (secondary N) is 1. The van der Waals surface area contributed by atoms with Crippen molar-refractivity contribution in [3.63, 3.8) is 0 Å². The summed E-state index contributed by atoms with van der Waals surface area (Å²) in [6.45, 7) is 0. The maximum absolute atomic E-state index is 13.4. The third-order valence-corrected chi connectivity index (χ3v) is 7.08. The normalized spacial score (nSPS) is 27.0. The second-order valence-corrected chi connectivity index (χ2v) is 8.95. The molecule has 144 valence electrons. The van der Waals surface area contributed by atoms with Gasteiger partial charge in [0.25, 0.3) is 5.91 Å². The molecule has 2 aliphatic carbocycles. The van der Waals surface area contributed by atoms with Gasteiger partial charge in [0.05, 0.1) is 15.7 Å². The van der Waals surface area contributed by atoms with E-state index in [2.05, 4.69) is 21.2 Å². The maximum atomic E-state index is 13.4. The number of fused-ring (bicyclic) bond motifs is 1. The summed E-state index contributed by atoms with van der Waals surface area (Å²) in [5, 5.41) is 12.7. The van der Waals surface area contributed by atoms with Crippen molar-refractivity contribution in [3.05, 3.63) is 51.0 Å². The largest absolute Gasteiger partial charge is 0.393 e. The number of aliphatic hydroxyl groups excluding tert-OH is 1. The SMILES string of the molecule is Cn1c(Br)cc(C2CC3CC(O)CC3C2)c1C(=O)Nc1ccc(F)c(Cl)c1. The van der Waals surface area contributed by atoms with Gasteiger partial charge in [-0.2, -0.15) is 0 Å². The number of carbonyl (C=O) groups is 1. The molecular formula is C20H21BrClFN2O2. The van der Waals surface area contributed by atoms with Crippen molar-refractivity contribution in [2.45, 2.75) is 37.7 Å². The van der Waals surface area contributed by atoms with Crippen molar-refractivity contribution in [2.75, 3.05) is 5.32 Å². The quantitative estimate of drug-likeness (QED) is 0.677. The predicted molar refractivity (Wildman–Crippen MR) is 107 cm³/mol. The molecule has 1 heterocycles. The van der Waals surface area contributed by atoms with Crippen LogP contribution in [0.2, 0.25) is 5.02 Å². The van der Waals surface area contributed by atoms with E-state index < -0.39 is 5.82 Å². The molecule has 1 amide bonds. The Hall–Kier alpha value is -1.37. The summed E-state index contributed by atoms with van der Waals surface area (Å²) in [4.78, 5) is 13.0. The smallest absolute Gasteiger partial charge is 0.272 e. The summed E-state index contributed by atoms with van der Waals surface area (Å²) in [5.74, 6) is 0.628. The van der Waals surface area contributed by atoms with Gasteiger partial charge in [-0.1, -0.05) is 11.6 Å². The standard InChI is InChI=1S/C20H21BrClFN2O2/c1-25-18(21)9-15(12-4-10-6-14(26)7-11(10)5-12)19(25)20(27)24-13-2-3-17(23)16(22)8-13/h2-3,8-12,14,26H,4-7H2,1H3,(H,24,27). The zero-order valence-electron chi connectivity index (χ0n) is 14.9. The van der Waals surface area contributed by atoms with E-state index in [0.29, 0.717) is 29.1 Å². The Morgan fingerprint density at radius 3 is 2.56 bits per heavy atom. The van der Waals surface area contributed by atoms with E-state index >= 15 is 0 Å². The lowest BCUT2D eigenvalue weighted by molar-refractivity contribution is 0.101. The van der Waals surface area contributed by atoms with Crippen molar-refractivity contribution in [3.8, 4) is 0 Å². The Morgan fingerprint density at radius 1 is 1.26 bits per heavy atom. The van der Waals surface area contributed by atoms with E-state index in [4.69, 9.17) is 11.6 Å². The minimum absolute atomic E-state index is 0.0248. The van der Waals surface area contributed by atoms with E-state index in [1.807, 2.05) is 17.7 Å². The molecule has 0 aliphatic heterocycles. The van der Waals surface area contributed by atoms with Gasteiger partial charge in [-0.05, 0) is 89.2 Å². The monoisotopic (exact) mass is 454 g/mol. The number of benzene rings is 1. The summed E-state index contributed by atoms with van der Waals surface area (Å²) in [6, 6.07) is 6.17.